The van der Waals surface area contributed by atoms with Gasteiger partial charge in [-0.15, -0.1) is 11.3 Å². The molecule has 1 aliphatic heterocycles. The molecule has 4 aromatic heterocycles. The van der Waals surface area contributed by atoms with Gasteiger partial charge < -0.3 is 20.7 Å². The molecule has 0 bridgehead atoms. The SMILES string of the molecule is Cc1cccc(-c2nccc(Nc3ccnc(Nc4ccc(C(=O)OC5CNC5)s4)n3)n2)n1. The zero-order valence-corrected chi connectivity index (χ0v) is 18.5. The first kappa shape index (κ1) is 20.9. The van der Waals surface area contributed by atoms with Crippen molar-refractivity contribution in [2.75, 3.05) is 23.7 Å². The summed E-state index contributed by atoms with van der Waals surface area (Å²) in [6.07, 6.45) is 3.25. The zero-order valence-electron chi connectivity index (χ0n) is 17.6. The van der Waals surface area contributed by atoms with Crippen LogP contribution in [0.2, 0.25) is 0 Å². The molecule has 1 saturated heterocycles. The van der Waals surface area contributed by atoms with Crippen LogP contribution < -0.4 is 16.0 Å². The first-order valence-electron chi connectivity index (χ1n) is 10.3. The highest BCUT2D eigenvalue weighted by atomic mass is 32.1. The quantitative estimate of drug-likeness (QED) is 0.353. The molecule has 0 spiro atoms. The molecule has 1 fully saturated rings. The average molecular weight is 461 g/mol. The minimum Gasteiger partial charge on any atom is -0.455 e. The topological polar surface area (TPSA) is 127 Å². The van der Waals surface area contributed by atoms with E-state index in [1.54, 1.807) is 36.7 Å². The van der Waals surface area contributed by atoms with Gasteiger partial charge in [0.25, 0.3) is 0 Å². The maximum Gasteiger partial charge on any atom is 0.348 e. The normalized spacial score (nSPS) is 13.2. The summed E-state index contributed by atoms with van der Waals surface area (Å²) < 4.78 is 5.39. The summed E-state index contributed by atoms with van der Waals surface area (Å²) in [5, 5.41) is 10.1. The number of thiophene rings is 1. The fourth-order valence-electron chi connectivity index (χ4n) is 3.02. The molecular formula is C22H20N8O2S. The lowest BCUT2D eigenvalue weighted by molar-refractivity contribution is 0.0175. The van der Waals surface area contributed by atoms with Crippen molar-refractivity contribution in [3.8, 4) is 11.5 Å². The number of hydrogen-bond donors (Lipinski definition) is 3. The Hall–Kier alpha value is -3.96. The van der Waals surface area contributed by atoms with E-state index in [1.807, 2.05) is 25.1 Å². The number of nitrogens with zero attached hydrogens (tertiary/aromatic N) is 5. The second-order valence-corrected chi connectivity index (χ2v) is 8.38. The number of ether oxygens (including phenoxy) is 1. The number of rotatable bonds is 7. The number of hydrogen-bond acceptors (Lipinski definition) is 11. The van der Waals surface area contributed by atoms with Crippen molar-refractivity contribution in [2.24, 2.45) is 0 Å². The van der Waals surface area contributed by atoms with Gasteiger partial charge in [0.15, 0.2) is 5.82 Å². The Labute approximate surface area is 193 Å². The summed E-state index contributed by atoms with van der Waals surface area (Å²) in [5.41, 5.74) is 1.59. The smallest absolute Gasteiger partial charge is 0.348 e. The van der Waals surface area contributed by atoms with Gasteiger partial charge in [-0.05, 0) is 43.3 Å². The van der Waals surface area contributed by atoms with Gasteiger partial charge in [-0.2, -0.15) is 4.98 Å². The van der Waals surface area contributed by atoms with E-state index in [0.717, 1.165) is 10.7 Å². The van der Waals surface area contributed by atoms with Gasteiger partial charge in [0.1, 0.15) is 28.3 Å². The second kappa shape index (κ2) is 9.27. The van der Waals surface area contributed by atoms with E-state index >= 15 is 0 Å². The van der Waals surface area contributed by atoms with E-state index in [0.29, 0.717) is 47.1 Å². The van der Waals surface area contributed by atoms with Crippen LogP contribution in [0.5, 0.6) is 0 Å². The summed E-state index contributed by atoms with van der Waals surface area (Å²) in [6.45, 7) is 3.32. The standard InChI is InChI=1S/C22H20N8O2S/c1-13-3-2-4-15(26-13)20-24-9-7-17(28-20)27-18-8-10-25-22(29-18)30-19-6-5-16(33-19)21(31)32-14-11-23-12-14/h2-10,14,23H,11-12H2,1H3,(H2,24,25,27,28,29,30). The number of nitrogens with one attached hydrogen (secondary N) is 3. The Kier molecular flexibility index (Phi) is 5.87. The molecule has 4 aromatic rings. The van der Waals surface area contributed by atoms with Gasteiger partial charge in [0.2, 0.25) is 5.95 Å². The Morgan fingerprint density at radius 3 is 2.61 bits per heavy atom. The highest BCUT2D eigenvalue weighted by molar-refractivity contribution is 7.17. The van der Waals surface area contributed by atoms with E-state index in [-0.39, 0.29) is 12.1 Å². The predicted molar refractivity (Wildman–Crippen MR) is 125 cm³/mol. The molecule has 0 saturated carbocycles. The molecular weight excluding hydrogens is 440 g/mol. The molecule has 0 unspecified atom stereocenters. The monoisotopic (exact) mass is 460 g/mol. The van der Waals surface area contributed by atoms with Crippen LogP contribution in [0.3, 0.4) is 0 Å². The first-order chi connectivity index (χ1) is 16.1. The van der Waals surface area contributed by atoms with Gasteiger partial charge in [-0.25, -0.2) is 24.7 Å². The largest absolute Gasteiger partial charge is 0.455 e. The third-order valence-corrected chi connectivity index (χ3v) is 5.73. The highest BCUT2D eigenvalue weighted by Crippen LogP contribution is 2.26. The summed E-state index contributed by atoms with van der Waals surface area (Å²) in [4.78, 5) is 34.8. The van der Waals surface area contributed by atoms with Crippen molar-refractivity contribution in [3.05, 3.63) is 65.4 Å². The molecule has 0 amide bonds. The van der Waals surface area contributed by atoms with E-state index in [2.05, 4.69) is 40.9 Å². The Morgan fingerprint density at radius 2 is 1.82 bits per heavy atom. The number of carbonyl (C=O) groups is 1. The van der Waals surface area contributed by atoms with Crippen LogP contribution in [0.4, 0.5) is 22.6 Å². The van der Waals surface area contributed by atoms with E-state index in [4.69, 9.17) is 4.74 Å². The maximum atomic E-state index is 12.2. The van der Waals surface area contributed by atoms with Crippen molar-refractivity contribution in [1.82, 2.24) is 30.2 Å². The van der Waals surface area contributed by atoms with Crippen LogP contribution >= 0.6 is 11.3 Å². The third-order valence-electron chi connectivity index (χ3n) is 4.74. The molecule has 0 aromatic carbocycles. The molecule has 0 radical (unpaired) electrons. The first-order valence-corrected chi connectivity index (χ1v) is 11.1. The van der Waals surface area contributed by atoms with Gasteiger partial charge in [0, 0.05) is 31.2 Å². The van der Waals surface area contributed by atoms with Crippen molar-refractivity contribution in [1.29, 1.82) is 0 Å². The number of pyridine rings is 1. The fraction of sp³-hybridized carbons (Fsp3) is 0.182. The lowest BCUT2D eigenvalue weighted by Gasteiger charge is -2.26. The molecule has 0 atom stereocenters. The summed E-state index contributed by atoms with van der Waals surface area (Å²) in [6, 6.07) is 12.7. The van der Waals surface area contributed by atoms with Gasteiger partial charge >= 0.3 is 5.97 Å². The van der Waals surface area contributed by atoms with Crippen LogP contribution in [-0.2, 0) is 4.74 Å². The number of carbonyl (C=O) groups excluding carboxylic acids is 1. The van der Waals surface area contributed by atoms with Crippen LogP contribution in [0.15, 0.2) is 54.9 Å². The second-order valence-electron chi connectivity index (χ2n) is 7.29. The Morgan fingerprint density at radius 1 is 1.00 bits per heavy atom. The highest BCUT2D eigenvalue weighted by Gasteiger charge is 2.22. The molecule has 5 heterocycles. The molecule has 166 valence electrons. The van der Waals surface area contributed by atoms with Gasteiger partial charge in [0.05, 0.1) is 5.00 Å². The number of aryl methyl sites for hydroxylation is 1. The zero-order chi connectivity index (χ0) is 22.6. The summed E-state index contributed by atoms with van der Waals surface area (Å²) >= 11 is 1.29. The van der Waals surface area contributed by atoms with Crippen LogP contribution in [-0.4, -0.2) is 50.1 Å². The summed E-state index contributed by atoms with van der Waals surface area (Å²) in [7, 11) is 0. The lowest BCUT2D eigenvalue weighted by Crippen LogP contribution is -2.49. The fourth-order valence-corrected chi connectivity index (χ4v) is 3.80. The van der Waals surface area contributed by atoms with Crippen LogP contribution in [0, 0.1) is 6.92 Å². The van der Waals surface area contributed by atoms with Gasteiger partial charge in [-0.1, -0.05) is 6.07 Å². The Bertz CT molecular complexity index is 1290. The molecule has 1 aliphatic rings. The lowest BCUT2D eigenvalue weighted by atomic mass is 10.2. The van der Waals surface area contributed by atoms with Crippen molar-refractivity contribution >= 4 is 39.9 Å². The van der Waals surface area contributed by atoms with E-state index in [1.165, 1.54) is 11.3 Å². The minimum atomic E-state index is -0.321. The summed E-state index contributed by atoms with van der Waals surface area (Å²) in [5.74, 6) is 1.73. The molecule has 33 heavy (non-hydrogen) atoms. The average Bonchev–Trinajstić information content (AvgIpc) is 3.25. The molecule has 5 rings (SSSR count). The van der Waals surface area contributed by atoms with Crippen molar-refractivity contribution in [3.63, 3.8) is 0 Å². The molecule has 11 heteroatoms. The number of esters is 1. The predicted octanol–water partition coefficient (Wildman–Crippen LogP) is 3.31. The van der Waals surface area contributed by atoms with Crippen LogP contribution in [0.1, 0.15) is 15.4 Å². The molecule has 0 aliphatic carbocycles. The van der Waals surface area contributed by atoms with Crippen molar-refractivity contribution < 1.29 is 9.53 Å². The minimum absolute atomic E-state index is 0.0499. The van der Waals surface area contributed by atoms with Gasteiger partial charge in [-0.3, -0.25) is 0 Å². The molecule has 3 N–H and O–H groups in total. The molecule has 10 nitrogen and oxygen atoms in total. The number of aromatic nitrogens is 5. The van der Waals surface area contributed by atoms with Crippen molar-refractivity contribution in [2.45, 2.75) is 13.0 Å². The maximum absolute atomic E-state index is 12.2. The van der Waals surface area contributed by atoms with Crippen LogP contribution in [0.25, 0.3) is 11.5 Å². The van der Waals surface area contributed by atoms with E-state index < -0.39 is 0 Å². The number of anilines is 4. The third kappa shape index (κ3) is 5.10. The Balaban J connectivity index is 1.26. The van der Waals surface area contributed by atoms with E-state index in [9.17, 15) is 4.79 Å².